The molecule has 0 fully saturated rings. The monoisotopic (exact) mass is 334 g/mol. The van der Waals surface area contributed by atoms with Crippen molar-refractivity contribution in [2.24, 2.45) is 0 Å². The Labute approximate surface area is 144 Å². The number of aryl methyl sites for hydroxylation is 1. The molecule has 1 aliphatic rings. The highest BCUT2D eigenvalue weighted by molar-refractivity contribution is 5.85. The summed E-state index contributed by atoms with van der Waals surface area (Å²) in [6.45, 7) is 3.16. The first kappa shape index (κ1) is 15.4. The van der Waals surface area contributed by atoms with Gasteiger partial charge in [-0.15, -0.1) is 0 Å². The van der Waals surface area contributed by atoms with Crippen LogP contribution in [0.15, 0.2) is 47.3 Å². The summed E-state index contributed by atoms with van der Waals surface area (Å²) in [5.74, 6) is 1.30. The smallest absolute Gasteiger partial charge is 0.281 e. The number of phenolic OH excluding ortho intramolecular Hbond substituents is 1. The van der Waals surface area contributed by atoms with E-state index in [1.165, 1.54) is 0 Å². The first-order valence-electron chi connectivity index (χ1n) is 8.33. The van der Waals surface area contributed by atoms with Gasteiger partial charge in [0.25, 0.3) is 5.56 Å². The van der Waals surface area contributed by atoms with E-state index in [0.29, 0.717) is 17.7 Å². The third-order valence-electron chi connectivity index (χ3n) is 4.40. The fourth-order valence-corrected chi connectivity index (χ4v) is 3.27. The SMILES string of the molecule is CCOc1cc(/C=C2\CCn3c2nc(=O)c2ccccc23)ccc1O. The van der Waals surface area contributed by atoms with Crippen LogP contribution >= 0.6 is 0 Å². The van der Waals surface area contributed by atoms with Crippen LogP contribution in [0, 0.1) is 0 Å². The van der Waals surface area contributed by atoms with Crippen LogP contribution in [0.4, 0.5) is 0 Å². The number of para-hydroxylation sites is 1. The molecular weight excluding hydrogens is 316 g/mol. The largest absolute Gasteiger partial charge is 0.504 e. The number of hydrogen-bond acceptors (Lipinski definition) is 4. The molecule has 4 rings (SSSR count). The minimum Gasteiger partial charge on any atom is -0.504 e. The molecule has 1 aromatic heterocycles. The Balaban J connectivity index is 1.82. The Morgan fingerprint density at radius 2 is 2.12 bits per heavy atom. The summed E-state index contributed by atoms with van der Waals surface area (Å²) in [6.07, 6.45) is 2.81. The lowest BCUT2D eigenvalue weighted by Gasteiger charge is -2.08. The van der Waals surface area contributed by atoms with Gasteiger partial charge in [-0.2, -0.15) is 4.98 Å². The van der Waals surface area contributed by atoms with Gasteiger partial charge in [-0.25, -0.2) is 0 Å². The highest BCUT2D eigenvalue weighted by Gasteiger charge is 2.20. The number of nitrogens with zero attached hydrogens (tertiary/aromatic N) is 2. The molecule has 0 atom stereocenters. The van der Waals surface area contributed by atoms with Crippen LogP contribution in [0.3, 0.4) is 0 Å². The number of aromatic hydroxyl groups is 1. The van der Waals surface area contributed by atoms with Crippen molar-refractivity contribution in [3.63, 3.8) is 0 Å². The van der Waals surface area contributed by atoms with Crippen molar-refractivity contribution in [3.05, 3.63) is 64.2 Å². The topological polar surface area (TPSA) is 64.4 Å². The van der Waals surface area contributed by atoms with E-state index >= 15 is 0 Å². The molecule has 5 heteroatoms. The van der Waals surface area contributed by atoms with Gasteiger partial charge < -0.3 is 14.4 Å². The van der Waals surface area contributed by atoms with E-state index in [-0.39, 0.29) is 11.3 Å². The number of ether oxygens (including phenoxy) is 1. The van der Waals surface area contributed by atoms with E-state index in [1.807, 2.05) is 43.3 Å². The third kappa shape index (κ3) is 2.67. The summed E-state index contributed by atoms with van der Waals surface area (Å²) in [6, 6.07) is 12.8. The summed E-state index contributed by atoms with van der Waals surface area (Å²) in [5.41, 5.74) is 2.64. The van der Waals surface area contributed by atoms with E-state index in [9.17, 15) is 9.90 Å². The number of aromatic nitrogens is 2. The third-order valence-corrected chi connectivity index (χ3v) is 4.40. The molecule has 126 valence electrons. The second-order valence-electron chi connectivity index (χ2n) is 5.99. The summed E-state index contributed by atoms with van der Waals surface area (Å²) in [5, 5.41) is 10.5. The zero-order valence-electron chi connectivity index (χ0n) is 13.9. The van der Waals surface area contributed by atoms with Gasteiger partial charge in [0.15, 0.2) is 11.5 Å². The molecular formula is C20H18N2O3. The molecule has 0 saturated heterocycles. The molecule has 0 radical (unpaired) electrons. The number of rotatable bonds is 3. The molecule has 0 unspecified atom stereocenters. The average Bonchev–Trinajstić information content (AvgIpc) is 3.01. The number of hydrogen-bond donors (Lipinski definition) is 1. The van der Waals surface area contributed by atoms with Crippen LogP contribution in [0.5, 0.6) is 11.5 Å². The zero-order valence-corrected chi connectivity index (χ0v) is 13.9. The Morgan fingerprint density at radius 3 is 2.96 bits per heavy atom. The predicted molar refractivity (Wildman–Crippen MR) is 97.8 cm³/mol. The average molecular weight is 334 g/mol. The van der Waals surface area contributed by atoms with Gasteiger partial charge >= 0.3 is 0 Å². The summed E-state index contributed by atoms with van der Waals surface area (Å²) >= 11 is 0. The Bertz CT molecular complexity index is 1050. The normalized spacial score (nSPS) is 14.8. The fourth-order valence-electron chi connectivity index (χ4n) is 3.27. The molecule has 0 saturated carbocycles. The Morgan fingerprint density at radius 1 is 1.28 bits per heavy atom. The van der Waals surface area contributed by atoms with Gasteiger partial charge in [0.2, 0.25) is 0 Å². The molecule has 0 aliphatic carbocycles. The van der Waals surface area contributed by atoms with Crippen molar-refractivity contribution < 1.29 is 9.84 Å². The van der Waals surface area contributed by atoms with Gasteiger partial charge in [-0.1, -0.05) is 18.2 Å². The maximum Gasteiger partial charge on any atom is 0.281 e. The van der Waals surface area contributed by atoms with E-state index in [2.05, 4.69) is 9.55 Å². The number of phenols is 1. The van der Waals surface area contributed by atoms with Crippen molar-refractivity contribution in [1.29, 1.82) is 0 Å². The second-order valence-corrected chi connectivity index (χ2v) is 5.99. The van der Waals surface area contributed by atoms with Crippen LogP contribution in [-0.4, -0.2) is 21.3 Å². The quantitative estimate of drug-likeness (QED) is 0.797. The number of allylic oxidation sites excluding steroid dienone is 1. The van der Waals surface area contributed by atoms with Crippen LogP contribution in [0.2, 0.25) is 0 Å². The minimum absolute atomic E-state index is 0.121. The minimum atomic E-state index is -0.199. The predicted octanol–water partition coefficient (Wildman–Crippen LogP) is 3.45. The molecule has 1 N–H and O–H groups in total. The van der Waals surface area contributed by atoms with Crippen LogP contribution in [0.1, 0.15) is 24.7 Å². The van der Waals surface area contributed by atoms with E-state index in [1.54, 1.807) is 12.1 Å². The lowest BCUT2D eigenvalue weighted by molar-refractivity contribution is 0.318. The van der Waals surface area contributed by atoms with Crippen molar-refractivity contribution in [3.8, 4) is 11.5 Å². The first-order valence-corrected chi connectivity index (χ1v) is 8.33. The first-order chi connectivity index (χ1) is 12.2. The van der Waals surface area contributed by atoms with E-state index < -0.39 is 0 Å². The molecule has 2 heterocycles. The molecule has 2 aromatic carbocycles. The standard InChI is InChI=1S/C20H18N2O3/c1-2-25-18-12-13(7-8-17(18)23)11-14-9-10-22-16-6-4-3-5-15(16)20(24)21-19(14)22/h3-8,11-12,23H,2,9-10H2,1H3/b14-11+. The Hall–Kier alpha value is -3.08. The highest BCUT2D eigenvalue weighted by Crippen LogP contribution is 2.32. The zero-order chi connectivity index (χ0) is 17.4. The highest BCUT2D eigenvalue weighted by atomic mass is 16.5. The fraction of sp³-hybridized carbons (Fsp3) is 0.200. The van der Waals surface area contributed by atoms with E-state index in [0.717, 1.165) is 35.4 Å². The number of benzene rings is 2. The molecule has 5 nitrogen and oxygen atoms in total. The molecule has 25 heavy (non-hydrogen) atoms. The summed E-state index contributed by atoms with van der Waals surface area (Å²) in [7, 11) is 0. The van der Waals surface area contributed by atoms with Gasteiger partial charge in [0, 0.05) is 6.54 Å². The van der Waals surface area contributed by atoms with Crippen LogP contribution < -0.4 is 10.3 Å². The van der Waals surface area contributed by atoms with Crippen molar-refractivity contribution in [1.82, 2.24) is 9.55 Å². The second kappa shape index (κ2) is 6.09. The van der Waals surface area contributed by atoms with Crippen molar-refractivity contribution in [2.75, 3.05) is 6.61 Å². The lowest BCUT2D eigenvalue weighted by atomic mass is 10.1. The lowest BCUT2D eigenvalue weighted by Crippen LogP contribution is -2.14. The van der Waals surface area contributed by atoms with E-state index in [4.69, 9.17) is 4.74 Å². The molecule has 1 aliphatic heterocycles. The Kier molecular flexibility index (Phi) is 3.76. The maximum atomic E-state index is 12.3. The van der Waals surface area contributed by atoms with Crippen molar-refractivity contribution >= 4 is 22.6 Å². The molecule has 0 amide bonds. The van der Waals surface area contributed by atoms with Crippen molar-refractivity contribution in [2.45, 2.75) is 19.9 Å². The van der Waals surface area contributed by atoms with Crippen LogP contribution in [0.25, 0.3) is 22.6 Å². The molecule has 0 bridgehead atoms. The van der Waals surface area contributed by atoms with Gasteiger partial charge in [0.1, 0.15) is 5.82 Å². The number of fused-ring (bicyclic) bond motifs is 3. The molecule has 0 spiro atoms. The van der Waals surface area contributed by atoms with Gasteiger partial charge in [0.05, 0.1) is 17.5 Å². The molecule has 3 aromatic rings. The summed E-state index contributed by atoms with van der Waals surface area (Å²) < 4.78 is 7.53. The maximum absolute atomic E-state index is 12.3. The summed E-state index contributed by atoms with van der Waals surface area (Å²) in [4.78, 5) is 16.6. The van der Waals surface area contributed by atoms with Crippen LogP contribution in [-0.2, 0) is 6.54 Å². The van der Waals surface area contributed by atoms with Gasteiger partial charge in [-0.3, -0.25) is 4.79 Å². The van der Waals surface area contributed by atoms with Gasteiger partial charge in [-0.05, 0) is 54.8 Å².